The van der Waals surface area contributed by atoms with Gasteiger partial charge in [-0.05, 0) is 23.8 Å². The van der Waals surface area contributed by atoms with Crippen LogP contribution in [0.15, 0.2) is 79.0 Å². The quantitative estimate of drug-likeness (QED) is 0.566. The third kappa shape index (κ3) is 2.94. The van der Waals surface area contributed by atoms with Crippen molar-refractivity contribution >= 4 is 10.9 Å². The molecule has 0 aliphatic rings. The standard InChI is InChI=1S/C20H15N3/c1-2-7-15(8-3-1)13-17-10-6-12-19(22-17)20-21-14-16-9-4-5-11-18(16)23-20/h1-12,14H,13H2. The Balaban J connectivity index is 1.69. The molecule has 0 saturated carbocycles. The van der Waals surface area contributed by atoms with Crippen LogP contribution in [0.3, 0.4) is 0 Å². The van der Waals surface area contributed by atoms with Crippen molar-refractivity contribution in [2.24, 2.45) is 0 Å². The second kappa shape index (κ2) is 5.97. The van der Waals surface area contributed by atoms with Gasteiger partial charge in [-0.1, -0.05) is 54.6 Å². The van der Waals surface area contributed by atoms with Crippen molar-refractivity contribution in [1.82, 2.24) is 15.0 Å². The van der Waals surface area contributed by atoms with Crippen LogP contribution in [-0.2, 0) is 6.42 Å². The topological polar surface area (TPSA) is 38.7 Å². The number of hydrogen-bond donors (Lipinski definition) is 0. The fourth-order valence-electron chi connectivity index (χ4n) is 2.60. The maximum absolute atomic E-state index is 4.72. The van der Waals surface area contributed by atoms with E-state index in [1.165, 1.54) is 5.56 Å². The van der Waals surface area contributed by atoms with Crippen LogP contribution >= 0.6 is 0 Å². The summed E-state index contributed by atoms with van der Waals surface area (Å²) >= 11 is 0. The second-order valence-corrected chi connectivity index (χ2v) is 5.43. The first kappa shape index (κ1) is 13.6. The molecule has 0 amide bonds. The molecule has 2 heterocycles. The first-order chi connectivity index (χ1) is 11.4. The molecule has 4 rings (SSSR count). The van der Waals surface area contributed by atoms with E-state index in [-0.39, 0.29) is 0 Å². The van der Waals surface area contributed by atoms with Gasteiger partial charge in [-0.25, -0.2) is 15.0 Å². The minimum atomic E-state index is 0.665. The lowest BCUT2D eigenvalue weighted by molar-refractivity contribution is 1.06. The highest BCUT2D eigenvalue weighted by Crippen LogP contribution is 2.17. The van der Waals surface area contributed by atoms with E-state index < -0.39 is 0 Å². The number of aromatic nitrogens is 3. The summed E-state index contributed by atoms with van der Waals surface area (Å²) in [5.74, 6) is 0.665. The Morgan fingerprint density at radius 2 is 1.52 bits per heavy atom. The van der Waals surface area contributed by atoms with Crippen molar-refractivity contribution in [3.63, 3.8) is 0 Å². The Morgan fingerprint density at radius 3 is 2.43 bits per heavy atom. The van der Waals surface area contributed by atoms with Gasteiger partial charge in [0.25, 0.3) is 0 Å². The number of para-hydroxylation sites is 1. The molecule has 0 saturated heterocycles. The van der Waals surface area contributed by atoms with Gasteiger partial charge in [0.05, 0.1) is 5.52 Å². The van der Waals surface area contributed by atoms with Crippen LogP contribution in [0.5, 0.6) is 0 Å². The molecule has 23 heavy (non-hydrogen) atoms. The van der Waals surface area contributed by atoms with Gasteiger partial charge in [0, 0.05) is 23.7 Å². The normalized spacial score (nSPS) is 10.8. The second-order valence-electron chi connectivity index (χ2n) is 5.43. The predicted octanol–water partition coefficient (Wildman–Crippen LogP) is 4.28. The Hall–Kier alpha value is -3.07. The molecule has 2 aromatic heterocycles. The molecule has 0 unspecified atom stereocenters. The molecule has 3 heteroatoms. The lowest BCUT2D eigenvalue weighted by Crippen LogP contribution is -1.97. The number of benzene rings is 2. The Bertz CT molecular complexity index is 949. The Kier molecular flexibility index (Phi) is 3.53. The zero-order valence-electron chi connectivity index (χ0n) is 12.6. The van der Waals surface area contributed by atoms with Crippen LogP contribution in [0.25, 0.3) is 22.4 Å². The Morgan fingerprint density at radius 1 is 0.696 bits per heavy atom. The van der Waals surface area contributed by atoms with E-state index in [1.807, 2.05) is 66.9 Å². The molecule has 0 aliphatic heterocycles. The van der Waals surface area contributed by atoms with Crippen LogP contribution in [0, 0.1) is 0 Å². The van der Waals surface area contributed by atoms with Crippen molar-refractivity contribution < 1.29 is 0 Å². The zero-order valence-corrected chi connectivity index (χ0v) is 12.6. The summed E-state index contributed by atoms with van der Waals surface area (Å²) in [6.07, 6.45) is 2.66. The highest BCUT2D eigenvalue weighted by atomic mass is 14.9. The molecule has 4 aromatic rings. The summed E-state index contributed by atoms with van der Waals surface area (Å²) in [5, 5.41) is 1.04. The fraction of sp³-hybridized carbons (Fsp3) is 0.0500. The largest absolute Gasteiger partial charge is 0.249 e. The fourth-order valence-corrected chi connectivity index (χ4v) is 2.60. The third-order valence-electron chi connectivity index (χ3n) is 3.75. The summed E-state index contributed by atoms with van der Waals surface area (Å²) in [6, 6.07) is 24.3. The van der Waals surface area contributed by atoms with Gasteiger partial charge in [-0.2, -0.15) is 0 Å². The van der Waals surface area contributed by atoms with Gasteiger partial charge in [-0.15, -0.1) is 0 Å². The third-order valence-corrected chi connectivity index (χ3v) is 3.75. The van der Waals surface area contributed by atoms with Crippen LogP contribution in [0.4, 0.5) is 0 Å². The lowest BCUT2D eigenvalue weighted by Gasteiger charge is -2.05. The maximum Gasteiger partial charge on any atom is 0.178 e. The first-order valence-corrected chi connectivity index (χ1v) is 7.60. The van der Waals surface area contributed by atoms with E-state index in [9.17, 15) is 0 Å². The number of rotatable bonds is 3. The van der Waals surface area contributed by atoms with Crippen LogP contribution in [0.2, 0.25) is 0 Å². The predicted molar refractivity (Wildman–Crippen MR) is 92.0 cm³/mol. The molecule has 2 aromatic carbocycles. The summed E-state index contributed by atoms with van der Waals surface area (Å²) in [5.41, 5.74) is 4.01. The maximum atomic E-state index is 4.72. The van der Waals surface area contributed by atoms with Crippen molar-refractivity contribution in [1.29, 1.82) is 0 Å². The van der Waals surface area contributed by atoms with Crippen LogP contribution < -0.4 is 0 Å². The molecule has 0 atom stereocenters. The smallest absolute Gasteiger partial charge is 0.178 e. The van der Waals surface area contributed by atoms with E-state index in [2.05, 4.69) is 22.1 Å². The highest BCUT2D eigenvalue weighted by molar-refractivity contribution is 5.79. The molecule has 0 aliphatic carbocycles. The van der Waals surface area contributed by atoms with Gasteiger partial charge >= 0.3 is 0 Å². The summed E-state index contributed by atoms with van der Waals surface area (Å²) in [7, 11) is 0. The minimum absolute atomic E-state index is 0.665. The summed E-state index contributed by atoms with van der Waals surface area (Å²) in [4.78, 5) is 13.8. The molecule has 110 valence electrons. The van der Waals surface area contributed by atoms with Gasteiger partial charge in [0.1, 0.15) is 5.69 Å². The minimum Gasteiger partial charge on any atom is -0.249 e. The van der Waals surface area contributed by atoms with Gasteiger partial charge < -0.3 is 0 Å². The van der Waals surface area contributed by atoms with Gasteiger partial charge in [-0.3, -0.25) is 0 Å². The van der Waals surface area contributed by atoms with Crippen molar-refractivity contribution in [3.8, 4) is 11.5 Å². The van der Waals surface area contributed by atoms with Gasteiger partial charge in [0.2, 0.25) is 0 Å². The van der Waals surface area contributed by atoms with Crippen LogP contribution in [0.1, 0.15) is 11.3 Å². The number of hydrogen-bond acceptors (Lipinski definition) is 3. The molecule has 0 radical (unpaired) electrons. The molecule has 3 nitrogen and oxygen atoms in total. The van der Waals surface area contributed by atoms with E-state index in [0.29, 0.717) is 5.82 Å². The SMILES string of the molecule is c1ccc(Cc2cccc(-c3ncc4ccccc4n3)n2)cc1. The van der Waals surface area contributed by atoms with Crippen LogP contribution in [-0.4, -0.2) is 15.0 Å². The van der Waals surface area contributed by atoms with Crippen molar-refractivity contribution in [2.45, 2.75) is 6.42 Å². The Labute approximate surface area is 134 Å². The molecule has 0 fully saturated rings. The molecular formula is C20H15N3. The highest BCUT2D eigenvalue weighted by Gasteiger charge is 2.06. The number of pyridine rings is 1. The number of nitrogens with zero attached hydrogens (tertiary/aromatic N) is 3. The van der Waals surface area contributed by atoms with Crippen molar-refractivity contribution in [2.75, 3.05) is 0 Å². The summed E-state index contributed by atoms with van der Waals surface area (Å²) in [6.45, 7) is 0. The van der Waals surface area contributed by atoms with Gasteiger partial charge in [0.15, 0.2) is 5.82 Å². The lowest BCUT2D eigenvalue weighted by atomic mass is 10.1. The van der Waals surface area contributed by atoms with E-state index in [1.54, 1.807) is 0 Å². The average Bonchev–Trinajstić information content (AvgIpc) is 2.62. The number of fused-ring (bicyclic) bond motifs is 1. The molecular weight excluding hydrogens is 282 g/mol. The molecule has 0 bridgehead atoms. The van der Waals surface area contributed by atoms with Crippen molar-refractivity contribution in [3.05, 3.63) is 90.3 Å². The molecule has 0 spiro atoms. The van der Waals surface area contributed by atoms with E-state index >= 15 is 0 Å². The van der Waals surface area contributed by atoms with E-state index in [0.717, 1.165) is 28.7 Å². The zero-order chi connectivity index (χ0) is 15.5. The monoisotopic (exact) mass is 297 g/mol. The first-order valence-electron chi connectivity index (χ1n) is 7.60. The average molecular weight is 297 g/mol. The molecule has 0 N–H and O–H groups in total. The summed E-state index contributed by atoms with van der Waals surface area (Å²) < 4.78 is 0. The van der Waals surface area contributed by atoms with E-state index in [4.69, 9.17) is 4.98 Å².